The number of methoxy groups -OCH3 is 1. The summed E-state index contributed by atoms with van der Waals surface area (Å²) >= 11 is 0. The van der Waals surface area contributed by atoms with Crippen molar-refractivity contribution in [2.24, 2.45) is 0 Å². The summed E-state index contributed by atoms with van der Waals surface area (Å²) in [6.45, 7) is 1.54. The first-order chi connectivity index (χ1) is 19.1. The highest BCUT2D eigenvalue weighted by Crippen LogP contribution is 2.35. The van der Waals surface area contributed by atoms with Crippen LogP contribution in [0.4, 0.5) is 31.9 Å². The number of anilines is 4. The Bertz CT molecular complexity index is 1430. The third kappa shape index (κ3) is 5.29. The van der Waals surface area contributed by atoms with Crippen LogP contribution in [-0.4, -0.2) is 82.6 Å². The van der Waals surface area contributed by atoms with Gasteiger partial charge < -0.3 is 29.7 Å². The third-order valence-electron chi connectivity index (χ3n) is 6.86. The van der Waals surface area contributed by atoms with Gasteiger partial charge in [-0.2, -0.15) is 28.9 Å². The van der Waals surface area contributed by atoms with Crippen molar-refractivity contribution in [1.29, 1.82) is 0 Å². The Balaban J connectivity index is 1.35. The number of benzene rings is 1. The Morgan fingerprint density at radius 2 is 1.90 bits per heavy atom. The predicted molar refractivity (Wildman–Crippen MR) is 141 cm³/mol. The molecule has 5 heterocycles. The van der Waals surface area contributed by atoms with E-state index in [1.807, 2.05) is 18.2 Å². The zero-order valence-electron chi connectivity index (χ0n) is 21.4. The largest absolute Gasteiger partial charge is 0.494 e. The molecule has 0 atom stereocenters. The van der Waals surface area contributed by atoms with E-state index in [9.17, 15) is 8.78 Å². The highest BCUT2D eigenvalue weighted by atomic mass is 19.3. The van der Waals surface area contributed by atoms with E-state index in [4.69, 9.17) is 19.2 Å². The van der Waals surface area contributed by atoms with Crippen molar-refractivity contribution in [2.45, 2.75) is 25.4 Å². The van der Waals surface area contributed by atoms with Crippen molar-refractivity contribution in [3.05, 3.63) is 30.6 Å². The molecule has 206 valence electrons. The number of hydrogen-bond donors (Lipinski definition) is 3. The molecule has 0 radical (unpaired) electrons. The molecule has 1 aromatic carbocycles. The third-order valence-corrected chi connectivity index (χ3v) is 6.86. The lowest BCUT2D eigenvalue weighted by Gasteiger charge is -2.29. The molecule has 0 saturated carbocycles. The number of H-pyrrole nitrogens is 1. The van der Waals surface area contributed by atoms with E-state index < -0.39 is 6.55 Å². The van der Waals surface area contributed by atoms with Crippen molar-refractivity contribution in [3.63, 3.8) is 0 Å². The molecule has 0 amide bonds. The van der Waals surface area contributed by atoms with Gasteiger partial charge in [0.05, 0.1) is 37.6 Å². The number of aromatic amines is 1. The van der Waals surface area contributed by atoms with Gasteiger partial charge in [0.1, 0.15) is 17.3 Å². The second kappa shape index (κ2) is 11.0. The SMILES string of the molecule is COc1cc(N2CCOCC2)ccc1Nc1nc(NC2CCOCC2)c2c(-c3cnn(C(F)F)c3)n[nH]c2n1. The van der Waals surface area contributed by atoms with Crippen molar-refractivity contribution in [2.75, 3.05) is 62.2 Å². The van der Waals surface area contributed by atoms with Crippen LogP contribution in [0.2, 0.25) is 0 Å². The van der Waals surface area contributed by atoms with Crippen LogP contribution in [0.3, 0.4) is 0 Å². The Morgan fingerprint density at radius 1 is 1.10 bits per heavy atom. The van der Waals surface area contributed by atoms with E-state index in [0.29, 0.717) is 76.6 Å². The molecule has 12 nitrogen and oxygen atoms in total. The van der Waals surface area contributed by atoms with Gasteiger partial charge in [-0.3, -0.25) is 5.10 Å². The van der Waals surface area contributed by atoms with E-state index in [-0.39, 0.29) is 6.04 Å². The molecular weight excluding hydrogens is 512 g/mol. The molecule has 14 heteroatoms. The van der Waals surface area contributed by atoms with Crippen molar-refractivity contribution >= 4 is 34.2 Å². The van der Waals surface area contributed by atoms with Gasteiger partial charge in [0.25, 0.3) is 0 Å². The van der Waals surface area contributed by atoms with E-state index in [2.05, 4.69) is 35.8 Å². The standard InChI is InChI=1S/C25H29F2N9O3/c1-37-19-12-17(35-6-10-39-11-7-35)2-3-18(19)30-25-31-22(29-16-4-8-38-9-5-16)20-21(33-34-23(20)32-25)15-13-28-36(14-15)24(26)27/h2-3,12-14,16,24H,4-11H2,1H3,(H3,29,30,31,32,33,34). The minimum atomic E-state index is -2.75. The summed E-state index contributed by atoms with van der Waals surface area (Å²) in [5, 5.41) is 18.4. The predicted octanol–water partition coefficient (Wildman–Crippen LogP) is 3.79. The summed E-state index contributed by atoms with van der Waals surface area (Å²) in [6, 6.07) is 6.05. The maximum atomic E-state index is 13.2. The second-order valence-electron chi connectivity index (χ2n) is 9.32. The van der Waals surface area contributed by atoms with Crippen LogP contribution in [-0.2, 0) is 9.47 Å². The molecule has 39 heavy (non-hydrogen) atoms. The molecule has 2 aliphatic rings. The smallest absolute Gasteiger partial charge is 0.333 e. The van der Waals surface area contributed by atoms with Gasteiger partial charge >= 0.3 is 6.55 Å². The van der Waals surface area contributed by atoms with Crippen LogP contribution < -0.4 is 20.3 Å². The van der Waals surface area contributed by atoms with Crippen LogP contribution in [0.1, 0.15) is 19.4 Å². The molecule has 3 aromatic heterocycles. The Labute approximate surface area is 222 Å². The molecule has 4 aromatic rings. The summed E-state index contributed by atoms with van der Waals surface area (Å²) in [5.41, 5.74) is 3.06. The molecule has 3 N–H and O–H groups in total. The monoisotopic (exact) mass is 541 g/mol. The Kier molecular flexibility index (Phi) is 7.11. The van der Waals surface area contributed by atoms with Gasteiger partial charge in [-0.25, -0.2) is 4.68 Å². The number of rotatable bonds is 8. The van der Waals surface area contributed by atoms with Crippen LogP contribution in [0, 0.1) is 0 Å². The van der Waals surface area contributed by atoms with E-state index in [0.717, 1.165) is 31.6 Å². The highest BCUT2D eigenvalue weighted by Gasteiger charge is 2.23. The summed E-state index contributed by atoms with van der Waals surface area (Å²) in [5.74, 6) is 1.51. The number of nitrogens with zero attached hydrogens (tertiary/aromatic N) is 6. The fourth-order valence-corrected chi connectivity index (χ4v) is 4.82. The zero-order chi connectivity index (χ0) is 26.8. The highest BCUT2D eigenvalue weighted by molar-refractivity contribution is 5.99. The summed E-state index contributed by atoms with van der Waals surface area (Å²) < 4.78 is 43.6. The fourth-order valence-electron chi connectivity index (χ4n) is 4.82. The first-order valence-electron chi connectivity index (χ1n) is 12.8. The van der Waals surface area contributed by atoms with Gasteiger partial charge in [0.15, 0.2) is 5.65 Å². The molecule has 0 aliphatic carbocycles. The summed E-state index contributed by atoms with van der Waals surface area (Å²) in [6.07, 6.45) is 4.22. The van der Waals surface area contributed by atoms with Crippen LogP contribution >= 0.6 is 0 Å². The zero-order valence-corrected chi connectivity index (χ0v) is 21.4. The number of morpholine rings is 1. The minimum Gasteiger partial charge on any atom is -0.494 e. The molecule has 0 unspecified atom stereocenters. The number of hydrogen-bond acceptors (Lipinski definition) is 10. The average molecular weight is 542 g/mol. The van der Waals surface area contributed by atoms with Crippen molar-refractivity contribution < 1.29 is 23.0 Å². The van der Waals surface area contributed by atoms with Crippen LogP contribution in [0.5, 0.6) is 5.75 Å². The topological polar surface area (TPSA) is 127 Å². The lowest BCUT2D eigenvalue weighted by atomic mass is 10.1. The van der Waals surface area contributed by atoms with Gasteiger partial charge in [-0.15, -0.1) is 0 Å². The molecule has 6 rings (SSSR count). The maximum absolute atomic E-state index is 13.2. The van der Waals surface area contributed by atoms with E-state index in [1.54, 1.807) is 7.11 Å². The summed E-state index contributed by atoms with van der Waals surface area (Å²) in [7, 11) is 1.62. The molecule has 2 aliphatic heterocycles. The number of nitrogens with one attached hydrogen (secondary N) is 3. The normalized spacial score (nSPS) is 16.7. The first-order valence-corrected chi connectivity index (χ1v) is 12.8. The molecular formula is C25H29F2N9O3. The van der Waals surface area contributed by atoms with E-state index in [1.165, 1.54) is 12.4 Å². The molecule has 0 bridgehead atoms. The number of fused-ring (bicyclic) bond motifs is 1. The van der Waals surface area contributed by atoms with Crippen molar-refractivity contribution in [3.8, 4) is 17.0 Å². The lowest BCUT2D eigenvalue weighted by molar-refractivity contribution is 0.0566. The molecule has 2 saturated heterocycles. The quantitative estimate of drug-likeness (QED) is 0.303. The van der Waals surface area contributed by atoms with Gasteiger partial charge in [0.2, 0.25) is 5.95 Å². The van der Waals surface area contributed by atoms with E-state index >= 15 is 0 Å². The molecule has 2 fully saturated rings. The lowest BCUT2D eigenvalue weighted by Crippen LogP contribution is -2.36. The number of halogens is 2. The van der Waals surface area contributed by atoms with Gasteiger partial charge in [-0.1, -0.05) is 0 Å². The van der Waals surface area contributed by atoms with Gasteiger partial charge in [0, 0.05) is 55.9 Å². The number of aromatic nitrogens is 6. The minimum absolute atomic E-state index is 0.124. The summed E-state index contributed by atoms with van der Waals surface area (Å²) in [4.78, 5) is 11.7. The Hall–Kier alpha value is -4.04. The first kappa shape index (κ1) is 25.2. The maximum Gasteiger partial charge on any atom is 0.333 e. The Morgan fingerprint density at radius 3 is 2.64 bits per heavy atom. The number of alkyl halides is 2. The van der Waals surface area contributed by atoms with Crippen molar-refractivity contribution in [1.82, 2.24) is 29.9 Å². The molecule has 0 spiro atoms. The fraction of sp³-hybridized carbons (Fsp3) is 0.440. The number of ether oxygens (including phenoxy) is 3. The second-order valence-corrected chi connectivity index (χ2v) is 9.32. The van der Waals surface area contributed by atoms with Crippen LogP contribution in [0.15, 0.2) is 30.6 Å². The average Bonchev–Trinajstić information content (AvgIpc) is 3.62. The van der Waals surface area contributed by atoms with Gasteiger partial charge in [-0.05, 0) is 25.0 Å². The van der Waals surface area contributed by atoms with Crippen LogP contribution in [0.25, 0.3) is 22.3 Å².